The zero-order valence-electron chi connectivity index (χ0n) is 20.1. The maximum Gasteiger partial charge on any atom is 0.257 e. The van der Waals surface area contributed by atoms with Crippen LogP contribution in [-0.2, 0) is 6.42 Å². The summed E-state index contributed by atoms with van der Waals surface area (Å²) in [6.45, 7) is 3.21. The number of thiocarbonyl (C=S) groups is 1. The third-order valence-corrected chi connectivity index (χ3v) is 5.82. The predicted octanol–water partition coefficient (Wildman–Crippen LogP) is 4.99. The molecule has 0 radical (unpaired) electrons. The third kappa shape index (κ3) is 7.65. The van der Waals surface area contributed by atoms with Gasteiger partial charge in [-0.05, 0) is 61.0 Å². The van der Waals surface area contributed by atoms with Crippen molar-refractivity contribution in [3.8, 4) is 5.75 Å². The molecule has 0 aliphatic carbocycles. The van der Waals surface area contributed by atoms with Crippen LogP contribution in [-0.4, -0.2) is 37.1 Å². The van der Waals surface area contributed by atoms with Gasteiger partial charge in [0.05, 0.1) is 17.9 Å². The SMILES string of the molecule is CCCCOc1cccc(C(=O)NC(=S)N(C)c2ccccc2C(=O)NCCc2ccccc2)c1. The number of hydrogen-bond acceptors (Lipinski definition) is 4. The Morgan fingerprint density at radius 3 is 2.46 bits per heavy atom. The number of benzene rings is 3. The average molecular weight is 490 g/mol. The zero-order chi connectivity index (χ0) is 25.0. The van der Waals surface area contributed by atoms with Gasteiger partial charge in [-0.2, -0.15) is 0 Å². The number of para-hydroxylation sites is 1. The van der Waals surface area contributed by atoms with E-state index in [0.29, 0.717) is 35.7 Å². The molecule has 0 aliphatic heterocycles. The monoisotopic (exact) mass is 489 g/mol. The molecule has 2 N–H and O–H groups in total. The zero-order valence-corrected chi connectivity index (χ0v) is 20.9. The maximum atomic E-state index is 12.9. The number of carbonyl (C=O) groups excluding carboxylic acids is 2. The highest BCUT2D eigenvalue weighted by molar-refractivity contribution is 7.80. The summed E-state index contributed by atoms with van der Waals surface area (Å²) in [5.74, 6) is 0.102. The second-order valence-electron chi connectivity index (χ2n) is 8.06. The number of nitrogens with one attached hydrogen (secondary N) is 2. The van der Waals surface area contributed by atoms with E-state index in [1.807, 2.05) is 42.5 Å². The second kappa shape index (κ2) is 13.2. The van der Waals surface area contributed by atoms with Crippen LogP contribution in [0.2, 0.25) is 0 Å². The lowest BCUT2D eigenvalue weighted by Gasteiger charge is -2.23. The molecule has 2 amide bonds. The molecule has 182 valence electrons. The molecule has 0 saturated heterocycles. The van der Waals surface area contributed by atoms with E-state index in [0.717, 1.165) is 24.8 Å². The van der Waals surface area contributed by atoms with Crippen LogP contribution < -0.4 is 20.3 Å². The Labute approximate surface area is 212 Å². The summed E-state index contributed by atoms with van der Waals surface area (Å²) < 4.78 is 5.69. The molecule has 3 aromatic rings. The number of nitrogens with zero attached hydrogens (tertiary/aromatic N) is 1. The first-order valence-electron chi connectivity index (χ1n) is 11.7. The van der Waals surface area contributed by atoms with Crippen LogP contribution in [0.4, 0.5) is 5.69 Å². The van der Waals surface area contributed by atoms with Crippen LogP contribution >= 0.6 is 12.2 Å². The highest BCUT2D eigenvalue weighted by Crippen LogP contribution is 2.20. The van der Waals surface area contributed by atoms with Crippen LogP contribution in [0.15, 0.2) is 78.9 Å². The normalized spacial score (nSPS) is 10.3. The minimum Gasteiger partial charge on any atom is -0.494 e. The molecule has 35 heavy (non-hydrogen) atoms. The highest BCUT2D eigenvalue weighted by atomic mass is 32.1. The number of amides is 2. The van der Waals surface area contributed by atoms with Crippen molar-refractivity contribution in [3.05, 3.63) is 95.6 Å². The Hall–Kier alpha value is -3.71. The molecule has 6 nitrogen and oxygen atoms in total. The van der Waals surface area contributed by atoms with Crippen molar-refractivity contribution in [2.24, 2.45) is 0 Å². The quantitative estimate of drug-likeness (QED) is 0.310. The van der Waals surface area contributed by atoms with Gasteiger partial charge in [0.1, 0.15) is 5.75 Å². The molecule has 3 aromatic carbocycles. The van der Waals surface area contributed by atoms with Crippen LogP contribution in [0.1, 0.15) is 46.0 Å². The van der Waals surface area contributed by atoms with Crippen molar-refractivity contribution in [3.63, 3.8) is 0 Å². The van der Waals surface area contributed by atoms with E-state index in [2.05, 4.69) is 17.6 Å². The van der Waals surface area contributed by atoms with Crippen LogP contribution in [0.25, 0.3) is 0 Å². The fourth-order valence-electron chi connectivity index (χ4n) is 3.44. The van der Waals surface area contributed by atoms with E-state index in [9.17, 15) is 9.59 Å². The summed E-state index contributed by atoms with van der Waals surface area (Å²) in [6, 6.07) is 24.2. The van der Waals surface area contributed by atoms with Gasteiger partial charge in [-0.1, -0.05) is 61.9 Å². The number of anilines is 1. The van der Waals surface area contributed by atoms with Gasteiger partial charge < -0.3 is 15.0 Å². The summed E-state index contributed by atoms with van der Waals surface area (Å²) >= 11 is 5.48. The van der Waals surface area contributed by atoms with E-state index in [4.69, 9.17) is 17.0 Å². The third-order valence-electron chi connectivity index (χ3n) is 5.44. The number of unbranched alkanes of at least 4 members (excludes halogenated alkanes) is 1. The fourth-order valence-corrected chi connectivity index (χ4v) is 3.63. The minimum absolute atomic E-state index is 0.192. The van der Waals surface area contributed by atoms with Gasteiger partial charge in [0.15, 0.2) is 5.11 Å². The number of rotatable bonds is 10. The van der Waals surface area contributed by atoms with E-state index in [1.165, 1.54) is 0 Å². The van der Waals surface area contributed by atoms with Gasteiger partial charge in [0.2, 0.25) is 0 Å². The van der Waals surface area contributed by atoms with Crippen molar-refractivity contribution in [1.82, 2.24) is 10.6 Å². The lowest BCUT2D eigenvalue weighted by Crippen LogP contribution is -2.41. The summed E-state index contributed by atoms with van der Waals surface area (Å²) in [5.41, 5.74) is 2.68. The fraction of sp³-hybridized carbons (Fsp3) is 0.250. The number of ether oxygens (including phenoxy) is 1. The molecule has 7 heteroatoms. The minimum atomic E-state index is -0.340. The van der Waals surface area contributed by atoms with E-state index in [-0.39, 0.29) is 16.9 Å². The van der Waals surface area contributed by atoms with Crippen molar-refractivity contribution >= 4 is 34.8 Å². The van der Waals surface area contributed by atoms with Gasteiger partial charge >= 0.3 is 0 Å². The summed E-state index contributed by atoms with van der Waals surface area (Å²) in [6.07, 6.45) is 2.72. The highest BCUT2D eigenvalue weighted by Gasteiger charge is 2.18. The van der Waals surface area contributed by atoms with E-state index < -0.39 is 0 Å². The van der Waals surface area contributed by atoms with Gasteiger partial charge in [0, 0.05) is 19.2 Å². The molecule has 0 aromatic heterocycles. The molecule has 0 fully saturated rings. The van der Waals surface area contributed by atoms with Crippen molar-refractivity contribution in [2.45, 2.75) is 26.2 Å². The summed E-state index contributed by atoms with van der Waals surface area (Å²) in [5, 5.41) is 5.91. The van der Waals surface area contributed by atoms with Crippen LogP contribution in [0, 0.1) is 0 Å². The Balaban J connectivity index is 1.62. The summed E-state index contributed by atoms with van der Waals surface area (Å²) in [4.78, 5) is 27.3. The predicted molar refractivity (Wildman–Crippen MR) is 144 cm³/mol. The first kappa shape index (κ1) is 25.9. The van der Waals surface area contributed by atoms with Crippen molar-refractivity contribution < 1.29 is 14.3 Å². The number of carbonyl (C=O) groups is 2. The molecule has 0 aliphatic rings. The van der Waals surface area contributed by atoms with Crippen molar-refractivity contribution in [1.29, 1.82) is 0 Å². The van der Waals surface area contributed by atoms with Gasteiger partial charge in [-0.15, -0.1) is 0 Å². The topological polar surface area (TPSA) is 70.7 Å². The molecule has 0 unspecified atom stereocenters. The molecule has 0 saturated carbocycles. The van der Waals surface area contributed by atoms with Crippen LogP contribution in [0.5, 0.6) is 5.75 Å². The Morgan fingerprint density at radius 1 is 0.943 bits per heavy atom. The summed E-state index contributed by atoms with van der Waals surface area (Å²) in [7, 11) is 1.73. The lowest BCUT2D eigenvalue weighted by molar-refractivity contribution is 0.0952. The smallest absolute Gasteiger partial charge is 0.257 e. The molecule has 3 rings (SSSR count). The maximum absolute atomic E-state index is 12.9. The molecular weight excluding hydrogens is 458 g/mol. The van der Waals surface area contributed by atoms with E-state index in [1.54, 1.807) is 48.3 Å². The number of hydrogen-bond donors (Lipinski definition) is 2. The lowest BCUT2D eigenvalue weighted by atomic mass is 10.1. The van der Waals surface area contributed by atoms with Gasteiger partial charge in [-0.25, -0.2) is 0 Å². The van der Waals surface area contributed by atoms with Gasteiger partial charge in [0.25, 0.3) is 11.8 Å². The van der Waals surface area contributed by atoms with Crippen LogP contribution in [0.3, 0.4) is 0 Å². The molecule has 0 bridgehead atoms. The van der Waals surface area contributed by atoms with E-state index >= 15 is 0 Å². The van der Waals surface area contributed by atoms with Crippen molar-refractivity contribution in [2.75, 3.05) is 25.1 Å². The first-order chi connectivity index (χ1) is 17.0. The first-order valence-corrected chi connectivity index (χ1v) is 12.1. The largest absolute Gasteiger partial charge is 0.494 e. The van der Waals surface area contributed by atoms with Gasteiger partial charge in [-0.3, -0.25) is 14.9 Å². The Kier molecular flexibility index (Phi) is 9.80. The standard InChI is InChI=1S/C28H31N3O3S/c1-3-4-19-34-23-14-10-13-22(20-23)26(32)30-28(35)31(2)25-16-9-8-15-24(25)27(33)29-18-17-21-11-6-5-7-12-21/h5-16,20H,3-4,17-19H2,1-2H3,(H,29,33)(H,30,32,35). The Morgan fingerprint density at radius 2 is 1.69 bits per heavy atom. The Bertz CT molecular complexity index is 1150. The molecular formula is C28H31N3O3S. The molecule has 0 spiro atoms. The second-order valence-corrected chi connectivity index (χ2v) is 8.44. The average Bonchev–Trinajstić information content (AvgIpc) is 2.89. The molecule has 0 heterocycles. The molecule has 0 atom stereocenters.